The monoisotopic (exact) mass is 374 g/mol. The lowest BCUT2D eigenvalue weighted by atomic mass is 10.1. The second-order valence-corrected chi connectivity index (χ2v) is 6.86. The van der Waals surface area contributed by atoms with E-state index in [0.29, 0.717) is 6.54 Å². The van der Waals surface area contributed by atoms with Crippen LogP contribution in [0.3, 0.4) is 0 Å². The minimum Gasteiger partial charge on any atom is -0.348 e. The molecule has 23 heavy (non-hydrogen) atoms. The number of halogens is 1. The van der Waals surface area contributed by atoms with Gasteiger partial charge in [-0.1, -0.05) is 52.3 Å². The second-order valence-electron chi connectivity index (χ2n) is 5.94. The van der Waals surface area contributed by atoms with Crippen molar-refractivity contribution in [1.29, 1.82) is 0 Å². The number of benzene rings is 2. The number of hydrogen-bond donors (Lipinski definition) is 1. The summed E-state index contributed by atoms with van der Waals surface area (Å²) in [6.07, 6.45) is 0. The van der Waals surface area contributed by atoms with E-state index in [0.717, 1.165) is 16.6 Å². The van der Waals surface area contributed by atoms with Crippen LogP contribution >= 0.6 is 15.9 Å². The molecule has 1 unspecified atom stereocenters. The summed E-state index contributed by atoms with van der Waals surface area (Å²) in [6.45, 7) is 5.25. The zero-order valence-electron chi connectivity index (χ0n) is 13.8. The van der Waals surface area contributed by atoms with Gasteiger partial charge < -0.3 is 5.32 Å². The molecule has 0 fully saturated rings. The number of likely N-dealkylation sites (N-methyl/N-ethyl adjacent to an activating group) is 1. The van der Waals surface area contributed by atoms with Gasteiger partial charge in [-0.05, 0) is 49.7 Å². The van der Waals surface area contributed by atoms with Gasteiger partial charge in [0, 0.05) is 11.0 Å². The Morgan fingerprint density at radius 3 is 2.48 bits per heavy atom. The lowest BCUT2D eigenvalue weighted by Gasteiger charge is -2.20. The molecule has 2 aromatic rings. The molecule has 0 aromatic heterocycles. The van der Waals surface area contributed by atoms with Crippen LogP contribution in [0.15, 0.2) is 53.0 Å². The van der Waals surface area contributed by atoms with Gasteiger partial charge in [0.25, 0.3) is 0 Å². The molecular weight excluding hydrogens is 352 g/mol. The van der Waals surface area contributed by atoms with Gasteiger partial charge in [-0.15, -0.1) is 0 Å². The second kappa shape index (κ2) is 8.27. The van der Waals surface area contributed by atoms with Crippen LogP contribution in [0.1, 0.15) is 29.7 Å². The number of rotatable bonds is 6. The minimum atomic E-state index is 0.00228. The van der Waals surface area contributed by atoms with Crippen molar-refractivity contribution in [2.75, 3.05) is 13.6 Å². The van der Waals surface area contributed by atoms with Crippen LogP contribution in [-0.4, -0.2) is 24.4 Å². The first-order valence-electron chi connectivity index (χ1n) is 7.73. The molecule has 0 aliphatic rings. The van der Waals surface area contributed by atoms with Gasteiger partial charge >= 0.3 is 0 Å². The van der Waals surface area contributed by atoms with Gasteiger partial charge in [0.1, 0.15) is 0 Å². The summed E-state index contributed by atoms with van der Waals surface area (Å²) in [5.41, 5.74) is 3.61. The van der Waals surface area contributed by atoms with Crippen molar-refractivity contribution in [3.63, 3.8) is 0 Å². The topological polar surface area (TPSA) is 32.3 Å². The summed E-state index contributed by atoms with van der Waals surface area (Å²) in [5.74, 6) is 0.0384. The maximum absolute atomic E-state index is 12.2. The van der Waals surface area contributed by atoms with Crippen LogP contribution < -0.4 is 5.32 Å². The maximum Gasteiger partial charge on any atom is 0.234 e. The van der Waals surface area contributed by atoms with E-state index < -0.39 is 0 Å². The van der Waals surface area contributed by atoms with Crippen LogP contribution in [0.4, 0.5) is 0 Å². The Morgan fingerprint density at radius 1 is 1.17 bits per heavy atom. The molecule has 1 N–H and O–H groups in total. The Balaban J connectivity index is 1.86. The minimum absolute atomic E-state index is 0.00228. The predicted molar refractivity (Wildman–Crippen MR) is 98.2 cm³/mol. The van der Waals surface area contributed by atoms with Crippen LogP contribution in [-0.2, 0) is 11.3 Å². The summed E-state index contributed by atoms with van der Waals surface area (Å²) in [7, 11) is 1.97. The number of carbonyl (C=O) groups is 1. The average Bonchev–Trinajstić information content (AvgIpc) is 2.50. The number of aryl methyl sites for hydroxylation is 1. The number of nitrogens with one attached hydrogen (secondary N) is 1. The number of nitrogens with zero attached hydrogens (tertiary/aromatic N) is 1. The highest BCUT2D eigenvalue weighted by atomic mass is 79.9. The van der Waals surface area contributed by atoms with Crippen molar-refractivity contribution in [2.45, 2.75) is 26.4 Å². The molecule has 0 aliphatic heterocycles. The van der Waals surface area contributed by atoms with Crippen molar-refractivity contribution in [3.8, 4) is 0 Å². The van der Waals surface area contributed by atoms with E-state index in [-0.39, 0.29) is 11.9 Å². The van der Waals surface area contributed by atoms with E-state index in [4.69, 9.17) is 0 Å². The molecule has 2 rings (SSSR count). The van der Waals surface area contributed by atoms with Crippen molar-refractivity contribution in [1.82, 2.24) is 10.2 Å². The van der Waals surface area contributed by atoms with Crippen molar-refractivity contribution < 1.29 is 4.79 Å². The molecule has 0 aliphatic carbocycles. The smallest absolute Gasteiger partial charge is 0.234 e. The normalized spacial score (nSPS) is 12.2. The third-order valence-corrected chi connectivity index (χ3v) is 4.39. The van der Waals surface area contributed by atoms with Gasteiger partial charge in [0.05, 0.1) is 12.6 Å². The van der Waals surface area contributed by atoms with Crippen molar-refractivity contribution >= 4 is 21.8 Å². The third kappa shape index (κ3) is 5.48. The number of amides is 1. The average molecular weight is 375 g/mol. The third-order valence-electron chi connectivity index (χ3n) is 3.86. The van der Waals surface area contributed by atoms with E-state index in [2.05, 4.69) is 40.3 Å². The zero-order chi connectivity index (χ0) is 16.8. The lowest BCUT2D eigenvalue weighted by molar-refractivity contribution is -0.122. The number of carbonyl (C=O) groups excluding carboxylic acids is 1. The number of hydrogen-bond acceptors (Lipinski definition) is 2. The molecular formula is C19H23BrN2O. The van der Waals surface area contributed by atoms with Gasteiger partial charge in [-0.3, -0.25) is 9.69 Å². The predicted octanol–water partition coefficient (Wildman–Crippen LogP) is 4.07. The summed E-state index contributed by atoms with van der Waals surface area (Å²) in [5, 5.41) is 3.05. The Bertz CT molecular complexity index is 655. The highest BCUT2D eigenvalue weighted by Gasteiger charge is 2.12. The highest BCUT2D eigenvalue weighted by molar-refractivity contribution is 9.10. The summed E-state index contributed by atoms with van der Waals surface area (Å²) >= 11 is 3.42. The molecule has 3 nitrogen and oxygen atoms in total. The van der Waals surface area contributed by atoms with Crippen molar-refractivity contribution in [2.24, 2.45) is 0 Å². The Hall–Kier alpha value is -1.65. The molecule has 0 saturated heterocycles. The first kappa shape index (κ1) is 17.7. The van der Waals surface area contributed by atoms with Gasteiger partial charge in [-0.2, -0.15) is 0 Å². The molecule has 122 valence electrons. The van der Waals surface area contributed by atoms with Gasteiger partial charge in [0.2, 0.25) is 5.91 Å². The molecule has 4 heteroatoms. The largest absolute Gasteiger partial charge is 0.348 e. The van der Waals surface area contributed by atoms with Crippen molar-refractivity contribution in [3.05, 3.63) is 69.7 Å². The summed E-state index contributed by atoms with van der Waals surface area (Å²) in [4.78, 5) is 14.3. The zero-order valence-corrected chi connectivity index (χ0v) is 15.4. The molecule has 0 radical (unpaired) electrons. The molecule has 1 atom stereocenters. The van der Waals surface area contributed by atoms with Gasteiger partial charge in [-0.25, -0.2) is 0 Å². The summed E-state index contributed by atoms with van der Waals surface area (Å²) < 4.78 is 1.04. The van der Waals surface area contributed by atoms with E-state index in [1.54, 1.807) is 0 Å². The first-order chi connectivity index (χ1) is 11.0. The van der Waals surface area contributed by atoms with E-state index >= 15 is 0 Å². The fourth-order valence-corrected chi connectivity index (χ4v) is 2.77. The van der Waals surface area contributed by atoms with Crippen LogP contribution in [0.25, 0.3) is 0 Å². The van der Waals surface area contributed by atoms with E-state index in [1.165, 1.54) is 11.1 Å². The lowest BCUT2D eigenvalue weighted by Crippen LogP contribution is -2.36. The standard InChI is InChI=1S/C19H23BrN2O/c1-14-6-4-5-7-17(14)12-22(3)13-19(23)21-15(2)16-8-10-18(20)11-9-16/h4-11,15H,12-13H2,1-3H3,(H,21,23). The van der Waals surface area contributed by atoms with Gasteiger partial charge in [0.15, 0.2) is 0 Å². The van der Waals surface area contributed by atoms with E-state index in [1.807, 2.05) is 55.3 Å². The fraction of sp³-hybridized carbons (Fsp3) is 0.316. The van der Waals surface area contributed by atoms with Crippen LogP contribution in [0, 0.1) is 6.92 Å². The molecule has 1 amide bonds. The fourth-order valence-electron chi connectivity index (χ4n) is 2.50. The molecule has 0 saturated carbocycles. The highest BCUT2D eigenvalue weighted by Crippen LogP contribution is 2.16. The maximum atomic E-state index is 12.2. The van der Waals surface area contributed by atoms with Crippen LogP contribution in [0.2, 0.25) is 0 Å². The van der Waals surface area contributed by atoms with Crippen LogP contribution in [0.5, 0.6) is 0 Å². The molecule has 0 heterocycles. The molecule has 2 aromatic carbocycles. The SMILES string of the molecule is Cc1ccccc1CN(C)CC(=O)NC(C)c1ccc(Br)cc1. The molecule has 0 bridgehead atoms. The Morgan fingerprint density at radius 2 is 1.83 bits per heavy atom. The Labute approximate surface area is 146 Å². The van der Waals surface area contributed by atoms with E-state index in [9.17, 15) is 4.79 Å². The quantitative estimate of drug-likeness (QED) is 0.826. The Kier molecular flexibility index (Phi) is 6.37. The summed E-state index contributed by atoms with van der Waals surface area (Å²) in [6, 6.07) is 16.3. The molecule has 0 spiro atoms. The first-order valence-corrected chi connectivity index (χ1v) is 8.53.